The number of nitrogens with one attached hydrogen (secondary N) is 2. The number of carbonyl (C=O) groups is 3. The van der Waals surface area contributed by atoms with Gasteiger partial charge in [-0.1, -0.05) is 5.16 Å². The van der Waals surface area contributed by atoms with Crippen molar-refractivity contribution in [3.05, 3.63) is 0 Å². The zero-order valence-electron chi connectivity index (χ0n) is 20.6. The van der Waals surface area contributed by atoms with Crippen LogP contribution in [0.15, 0.2) is 5.16 Å². The molecule has 9 atom stereocenters. The highest BCUT2D eigenvalue weighted by molar-refractivity contribution is 5.80. The van der Waals surface area contributed by atoms with Gasteiger partial charge in [0.1, 0.15) is 24.4 Å². The van der Waals surface area contributed by atoms with Gasteiger partial charge < -0.3 is 50.5 Å². The summed E-state index contributed by atoms with van der Waals surface area (Å²) in [5.74, 6) is -0.0648. The fraction of sp³-hybridized carbons (Fsp3) is 0.739. The van der Waals surface area contributed by atoms with Gasteiger partial charge >= 0.3 is 5.97 Å². The number of oxime groups is 1. The second-order valence-corrected chi connectivity index (χ2v) is 9.10. The lowest BCUT2D eigenvalue weighted by Crippen LogP contribution is -2.64. The monoisotopic (exact) mass is 529 g/mol. The van der Waals surface area contributed by atoms with E-state index in [1.165, 1.54) is 13.8 Å². The summed E-state index contributed by atoms with van der Waals surface area (Å²) in [6, 6.07) is -1.07. The van der Waals surface area contributed by atoms with Gasteiger partial charge in [-0.15, -0.1) is 12.3 Å². The van der Waals surface area contributed by atoms with Crippen molar-refractivity contribution < 1.29 is 54.2 Å². The summed E-state index contributed by atoms with van der Waals surface area (Å²) < 4.78 is 11.4. The Morgan fingerprint density at radius 1 is 1.22 bits per heavy atom. The number of nitrogens with zero attached hydrogens (tertiary/aromatic N) is 1. The average molecular weight is 530 g/mol. The molecule has 2 aliphatic rings. The molecule has 0 saturated carbocycles. The minimum Gasteiger partial charge on any atom is -0.479 e. The number of aliphatic carboxylic acids is 1. The third-order valence-electron chi connectivity index (χ3n) is 6.28. The van der Waals surface area contributed by atoms with Crippen molar-refractivity contribution in [3.63, 3.8) is 0 Å². The highest BCUT2D eigenvalue weighted by atomic mass is 16.6. The summed E-state index contributed by atoms with van der Waals surface area (Å²) in [6.07, 6.45) is -3.05. The zero-order chi connectivity index (χ0) is 27.8. The summed E-state index contributed by atoms with van der Waals surface area (Å²) >= 11 is 0. The molecule has 14 nitrogen and oxygen atoms in total. The minimum atomic E-state index is -1.98. The van der Waals surface area contributed by atoms with Gasteiger partial charge in [0, 0.05) is 26.3 Å². The molecule has 0 aromatic carbocycles. The van der Waals surface area contributed by atoms with Crippen LogP contribution in [-0.2, 0) is 28.7 Å². The van der Waals surface area contributed by atoms with Crippen LogP contribution in [0.3, 0.4) is 0 Å². The molecule has 37 heavy (non-hydrogen) atoms. The van der Waals surface area contributed by atoms with Gasteiger partial charge in [-0.25, -0.2) is 4.79 Å². The molecular weight excluding hydrogens is 494 g/mol. The van der Waals surface area contributed by atoms with E-state index in [1.807, 2.05) is 0 Å². The molecule has 208 valence electrons. The lowest BCUT2D eigenvalue weighted by atomic mass is 9.81. The number of aliphatic hydroxyl groups is 4. The number of aliphatic hydroxyl groups excluding tert-OH is 4. The molecule has 0 radical (unpaired) electrons. The largest absolute Gasteiger partial charge is 0.479 e. The van der Waals surface area contributed by atoms with Crippen molar-refractivity contribution in [1.29, 1.82) is 0 Å². The van der Waals surface area contributed by atoms with E-state index < -0.39 is 85.2 Å². The van der Waals surface area contributed by atoms with Crippen LogP contribution in [-0.4, -0.2) is 117 Å². The van der Waals surface area contributed by atoms with Crippen LogP contribution in [0.1, 0.15) is 39.5 Å². The Balaban J connectivity index is 2.14. The van der Waals surface area contributed by atoms with Gasteiger partial charge in [0.2, 0.25) is 5.91 Å². The molecule has 9 unspecified atom stereocenters. The second kappa shape index (κ2) is 13.7. The molecule has 0 bridgehead atoms. The van der Waals surface area contributed by atoms with E-state index in [1.54, 1.807) is 0 Å². The topological polar surface area (TPSA) is 216 Å². The average Bonchev–Trinajstić information content (AvgIpc) is 2.83. The molecule has 7 N–H and O–H groups in total. The molecule has 0 spiro atoms. The smallest absolute Gasteiger partial charge is 0.336 e. The molecule has 2 aliphatic heterocycles. The van der Waals surface area contributed by atoms with Crippen LogP contribution in [0, 0.1) is 12.3 Å². The van der Waals surface area contributed by atoms with Crippen LogP contribution in [0.25, 0.3) is 0 Å². The van der Waals surface area contributed by atoms with E-state index >= 15 is 0 Å². The number of ether oxygens (including phenoxy) is 2. The Bertz CT molecular complexity index is 878. The van der Waals surface area contributed by atoms with E-state index in [4.69, 9.17) is 20.7 Å². The van der Waals surface area contributed by atoms with Gasteiger partial charge in [0.25, 0.3) is 5.91 Å². The summed E-state index contributed by atoms with van der Waals surface area (Å²) in [6.45, 7) is 2.49. The quantitative estimate of drug-likeness (QED) is 0.0630. The zero-order valence-corrected chi connectivity index (χ0v) is 20.6. The predicted molar refractivity (Wildman–Crippen MR) is 126 cm³/mol. The Hall–Kier alpha value is -2.80. The first-order chi connectivity index (χ1) is 17.4. The number of amides is 2. The maximum absolute atomic E-state index is 12.3. The number of hydrogen-bond donors (Lipinski definition) is 7. The third kappa shape index (κ3) is 8.09. The van der Waals surface area contributed by atoms with Gasteiger partial charge in [0.05, 0.1) is 30.6 Å². The minimum absolute atomic E-state index is 0.0999. The van der Waals surface area contributed by atoms with E-state index in [0.29, 0.717) is 6.42 Å². The molecule has 2 saturated heterocycles. The lowest BCUT2D eigenvalue weighted by Gasteiger charge is -2.45. The van der Waals surface area contributed by atoms with Crippen LogP contribution in [0.4, 0.5) is 0 Å². The number of terminal acetylenes is 1. The van der Waals surface area contributed by atoms with Crippen LogP contribution >= 0.6 is 0 Å². The highest BCUT2D eigenvalue weighted by Crippen LogP contribution is 2.36. The maximum Gasteiger partial charge on any atom is 0.336 e. The molecule has 0 aliphatic carbocycles. The Labute approximate surface area is 214 Å². The maximum atomic E-state index is 12.3. The molecular formula is C23H35N3O11. The van der Waals surface area contributed by atoms with Crippen molar-refractivity contribution in [2.75, 3.05) is 13.2 Å². The van der Waals surface area contributed by atoms with E-state index in [0.717, 1.165) is 6.21 Å². The summed E-state index contributed by atoms with van der Waals surface area (Å²) in [4.78, 5) is 40.6. The van der Waals surface area contributed by atoms with Crippen molar-refractivity contribution in [1.82, 2.24) is 10.6 Å². The molecule has 0 aromatic rings. The van der Waals surface area contributed by atoms with Crippen LogP contribution in [0.5, 0.6) is 0 Å². The molecule has 14 heteroatoms. The van der Waals surface area contributed by atoms with E-state index in [-0.39, 0.29) is 19.4 Å². The molecule has 2 fully saturated rings. The lowest BCUT2D eigenvalue weighted by molar-refractivity contribution is -0.225. The van der Waals surface area contributed by atoms with E-state index in [9.17, 15) is 39.9 Å². The fourth-order valence-electron chi connectivity index (χ4n) is 4.28. The first-order valence-corrected chi connectivity index (χ1v) is 11.8. The van der Waals surface area contributed by atoms with Crippen LogP contribution in [0.2, 0.25) is 0 Å². The number of hydrogen-bond acceptors (Lipinski definition) is 11. The predicted octanol–water partition coefficient (Wildman–Crippen LogP) is -2.74. The number of carbonyl (C=O) groups excluding carboxylic acids is 2. The Morgan fingerprint density at radius 2 is 1.92 bits per heavy atom. The second-order valence-electron chi connectivity index (χ2n) is 9.10. The van der Waals surface area contributed by atoms with Gasteiger partial charge in [0.15, 0.2) is 12.2 Å². The first kappa shape index (κ1) is 30.4. The summed E-state index contributed by atoms with van der Waals surface area (Å²) in [5, 5.41) is 59.6. The standard InChI is InChI=1S/C23H35N3O11/c1-4-5-8-24-17(29)11-35-25-10-16-18(26-13(3)27)14(28)9-23(37-16,22(33)34)7-6-15-20(31)21(32)19(30)12(2)36-15/h1,10,12,14-16,18-21,28,30-32H,5-9,11H2,2-3H3,(H,24,29)(H,26,27)(H,33,34)/b25-10+. The Kier molecular flexibility index (Phi) is 11.2. The number of carboxylic acid groups (broad SMARTS) is 1. The third-order valence-corrected chi connectivity index (χ3v) is 6.28. The normalized spacial score (nSPS) is 35.9. The fourth-order valence-corrected chi connectivity index (χ4v) is 4.28. The SMILES string of the molecule is C#CCCNC(=O)CO/N=C/C1OC(CCC2OC(C)C(O)C(O)C2O)(C(=O)O)CC(O)C1NC(C)=O. The van der Waals surface area contributed by atoms with Gasteiger partial charge in [-0.2, -0.15) is 0 Å². The van der Waals surface area contributed by atoms with Crippen molar-refractivity contribution in [2.45, 2.75) is 93.9 Å². The number of rotatable bonds is 11. The van der Waals surface area contributed by atoms with Crippen molar-refractivity contribution in [3.8, 4) is 12.3 Å². The summed E-state index contributed by atoms with van der Waals surface area (Å²) in [7, 11) is 0. The molecule has 2 rings (SSSR count). The Morgan fingerprint density at radius 3 is 2.54 bits per heavy atom. The van der Waals surface area contributed by atoms with Crippen molar-refractivity contribution in [2.24, 2.45) is 5.16 Å². The molecule has 0 aromatic heterocycles. The van der Waals surface area contributed by atoms with Gasteiger partial charge in [-0.3, -0.25) is 9.59 Å². The van der Waals surface area contributed by atoms with E-state index in [2.05, 4.69) is 21.7 Å². The van der Waals surface area contributed by atoms with Crippen LogP contribution < -0.4 is 10.6 Å². The van der Waals surface area contributed by atoms with Gasteiger partial charge in [-0.05, 0) is 19.8 Å². The highest BCUT2D eigenvalue weighted by Gasteiger charge is 2.52. The molecule has 2 amide bonds. The summed E-state index contributed by atoms with van der Waals surface area (Å²) in [5.41, 5.74) is -1.98. The number of carboxylic acids is 1. The molecule has 2 heterocycles. The first-order valence-electron chi connectivity index (χ1n) is 11.8. The van der Waals surface area contributed by atoms with Crippen molar-refractivity contribution >= 4 is 24.0 Å².